The highest BCUT2D eigenvalue weighted by Gasteiger charge is 2.74. The van der Waals surface area contributed by atoms with Crippen LogP contribution in [0.4, 0.5) is 0 Å². The summed E-state index contributed by atoms with van der Waals surface area (Å²) in [5, 5.41) is 12.0. The number of hydrogen-bond acceptors (Lipinski definition) is 3. The van der Waals surface area contributed by atoms with Crippen molar-refractivity contribution in [3.63, 3.8) is 0 Å². The van der Waals surface area contributed by atoms with E-state index in [-0.39, 0.29) is 10.8 Å². The lowest BCUT2D eigenvalue weighted by Gasteiger charge is -2.61. The van der Waals surface area contributed by atoms with Gasteiger partial charge in [0.15, 0.2) is 0 Å². The Morgan fingerprint density at radius 2 is 1.92 bits per heavy atom. The zero-order valence-corrected chi connectivity index (χ0v) is 15.9. The summed E-state index contributed by atoms with van der Waals surface area (Å²) in [5.74, 6) is 1.67. The van der Waals surface area contributed by atoms with Gasteiger partial charge in [-0.05, 0) is 74.7 Å². The fourth-order valence-electron chi connectivity index (χ4n) is 8.57. The number of carbonyl (C=O) groups is 1. The van der Waals surface area contributed by atoms with Crippen LogP contribution in [0.2, 0.25) is 0 Å². The normalized spacial score (nSPS) is 47.3. The van der Waals surface area contributed by atoms with E-state index in [4.69, 9.17) is 5.73 Å². The number of rotatable bonds is 1. The lowest BCUT2D eigenvalue weighted by Crippen LogP contribution is -3.18. The highest BCUT2D eigenvalue weighted by atomic mass is 16.4. The van der Waals surface area contributed by atoms with Gasteiger partial charge < -0.3 is 15.6 Å². The Balaban J connectivity index is 1.68. The van der Waals surface area contributed by atoms with Gasteiger partial charge in [-0.25, -0.2) is 4.99 Å². The first-order valence-electron chi connectivity index (χ1n) is 10.6. The topological polar surface area (TPSA) is 82.9 Å². The zero-order chi connectivity index (χ0) is 18.1. The minimum Gasteiger partial charge on any atom is -0.545 e. The first kappa shape index (κ1) is 16.8. The van der Waals surface area contributed by atoms with Crippen molar-refractivity contribution in [2.45, 2.75) is 57.8 Å². The summed E-state index contributed by atoms with van der Waals surface area (Å²) in [6.07, 6.45) is 10.5. The lowest BCUT2D eigenvalue weighted by molar-refractivity contribution is -0.826. The number of hydrogen-bond donors (Lipinski definition) is 2. The van der Waals surface area contributed by atoms with E-state index >= 15 is 0 Å². The molecule has 1 aliphatic heterocycles. The number of piperidine rings is 1. The Labute approximate surface area is 155 Å². The van der Waals surface area contributed by atoms with Gasteiger partial charge in [0, 0.05) is 17.9 Å². The summed E-state index contributed by atoms with van der Waals surface area (Å²) >= 11 is 0. The Morgan fingerprint density at radius 1 is 1.15 bits per heavy atom. The van der Waals surface area contributed by atoms with Gasteiger partial charge in [0.2, 0.25) is 0 Å². The molecule has 6 unspecified atom stereocenters. The molecule has 5 rings (SSSR count). The minimum atomic E-state index is -0.889. The number of quaternary nitrogens is 1. The molecule has 4 fully saturated rings. The standard InChI is InChI=1S/C21H31N3O2/c1-23-19(22)24-9-3-8-20(12-24)14-7-6-13-4-2-5-15-10-16(18(25)26)17(11-14)21(13,15)20/h13-15H,2-12H2,1H3,(H2,22,23)(H,25,26). The van der Waals surface area contributed by atoms with Crippen LogP contribution in [0.3, 0.4) is 0 Å². The third-order valence-electron chi connectivity index (χ3n) is 9.11. The SMILES string of the molecule is CN=C(N)[NH+]1CCCC2(C1)C1CCC3CCCC4CC(C(=O)[O-])=C(C1)C342. The second-order valence-electron chi connectivity index (χ2n) is 9.52. The van der Waals surface area contributed by atoms with Crippen LogP contribution in [0.5, 0.6) is 0 Å². The maximum absolute atomic E-state index is 12.0. The first-order valence-corrected chi connectivity index (χ1v) is 10.6. The molecule has 2 spiro atoms. The van der Waals surface area contributed by atoms with E-state index in [2.05, 4.69) is 4.99 Å². The summed E-state index contributed by atoms with van der Waals surface area (Å²) in [7, 11) is 1.79. The van der Waals surface area contributed by atoms with Crippen molar-refractivity contribution < 1.29 is 14.8 Å². The Morgan fingerprint density at radius 3 is 2.69 bits per heavy atom. The average Bonchev–Trinajstić information content (AvgIpc) is 3.02. The molecule has 0 aromatic rings. The molecule has 3 saturated carbocycles. The number of nitrogens with two attached hydrogens (primary N) is 1. The van der Waals surface area contributed by atoms with Gasteiger partial charge in [-0.1, -0.05) is 12.0 Å². The molecule has 0 aromatic heterocycles. The summed E-state index contributed by atoms with van der Waals surface area (Å²) in [4.78, 5) is 17.6. The molecule has 1 heterocycles. The van der Waals surface area contributed by atoms with Crippen LogP contribution in [0, 0.1) is 28.6 Å². The van der Waals surface area contributed by atoms with E-state index in [1.54, 1.807) is 7.05 Å². The summed E-state index contributed by atoms with van der Waals surface area (Å²) in [5.41, 5.74) is 8.64. The van der Waals surface area contributed by atoms with Gasteiger partial charge in [-0.2, -0.15) is 0 Å². The van der Waals surface area contributed by atoms with E-state index in [1.165, 1.54) is 55.4 Å². The second kappa shape index (κ2) is 5.57. The summed E-state index contributed by atoms with van der Waals surface area (Å²) in [6.45, 7) is 2.12. The largest absolute Gasteiger partial charge is 0.545 e. The molecule has 0 aromatic carbocycles. The number of nitrogens with zero attached hydrogens (tertiary/aromatic N) is 1. The van der Waals surface area contributed by atoms with E-state index in [9.17, 15) is 9.90 Å². The maximum atomic E-state index is 12.0. The van der Waals surface area contributed by atoms with E-state index in [0.717, 1.165) is 31.9 Å². The second-order valence-corrected chi connectivity index (χ2v) is 9.52. The number of allylic oxidation sites excluding steroid dienone is 1. The molecule has 3 N–H and O–H groups in total. The molecule has 4 aliphatic carbocycles. The molecule has 142 valence electrons. The van der Waals surface area contributed by atoms with Crippen LogP contribution in [0.25, 0.3) is 0 Å². The molecule has 6 atom stereocenters. The number of likely N-dealkylation sites (tertiary alicyclic amines) is 1. The fraction of sp³-hybridized carbons (Fsp3) is 0.810. The van der Waals surface area contributed by atoms with Crippen molar-refractivity contribution in [3.8, 4) is 0 Å². The molecule has 2 bridgehead atoms. The highest BCUT2D eigenvalue weighted by Crippen LogP contribution is 2.78. The molecular formula is C21H31N3O2. The van der Waals surface area contributed by atoms with Gasteiger partial charge in [0.05, 0.1) is 19.1 Å². The number of carbonyl (C=O) groups excluding carboxylic acids is 1. The third kappa shape index (κ3) is 1.81. The number of aliphatic imine (C=N–C) groups is 1. The lowest BCUT2D eigenvalue weighted by atomic mass is 9.43. The number of aliphatic carboxylic acids is 1. The fourth-order valence-corrected chi connectivity index (χ4v) is 8.57. The summed E-state index contributed by atoms with van der Waals surface area (Å²) in [6, 6.07) is 0. The van der Waals surface area contributed by atoms with Gasteiger partial charge in [-0.3, -0.25) is 4.90 Å². The van der Waals surface area contributed by atoms with Crippen molar-refractivity contribution in [1.29, 1.82) is 0 Å². The number of carboxylic acid groups (broad SMARTS) is 1. The van der Waals surface area contributed by atoms with Gasteiger partial charge >= 0.3 is 0 Å². The molecular weight excluding hydrogens is 326 g/mol. The number of guanidine groups is 1. The first-order chi connectivity index (χ1) is 12.5. The molecule has 0 radical (unpaired) electrons. The third-order valence-corrected chi connectivity index (χ3v) is 9.11. The molecule has 0 amide bonds. The van der Waals surface area contributed by atoms with Crippen molar-refractivity contribution >= 4 is 11.9 Å². The molecule has 1 saturated heterocycles. The maximum Gasteiger partial charge on any atom is 0.293 e. The van der Waals surface area contributed by atoms with E-state index < -0.39 is 5.97 Å². The van der Waals surface area contributed by atoms with Crippen LogP contribution in [0.15, 0.2) is 16.1 Å². The van der Waals surface area contributed by atoms with E-state index in [1.807, 2.05) is 0 Å². The number of nitrogens with one attached hydrogen (secondary N) is 1. The van der Waals surface area contributed by atoms with Crippen molar-refractivity contribution in [2.24, 2.45) is 39.3 Å². The van der Waals surface area contributed by atoms with Crippen molar-refractivity contribution in [1.82, 2.24) is 0 Å². The average molecular weight is 357 g/mol. The monoisotopic (exact) mass is 357 g/mol. The van der Waals surface area contributed by atoms with Crippen LogP contribution in [-0.4, -0.2) is 32.1 Å². The van der Waals surface area contributed by atoms with Crippen molar-refractivity contribution in [2.75, 3.05) is 20.1 Å². The minimum absolute atomic E-state index is 0.128. The number of carboxylic acids is 1. The Hall–Kier alpha value is -1.36. The smallest absolute Gasteiger partial charge is 0.293 e. The van der Waals surface area contributed by atoms with Crippen LogP contribution >= 0.6 is 0 Å². The van der Waals surface area contributed by atoms with Crippen LogP contribution < -0.4 is 15.7 Å². The molecule has 5 aliphatic rings. The Bertz CT molecular complexity index is 714. The van der Waals surface area contributed by atoms with Crippen LogP contribution in [-0.2, 0) is 4.79 Å². The zero-order valence-electron chi connectivity index (χ0n) is 15.9. The molecule has 26 heavy (non-hydrogen) atoms. The predicted molar refractivity (Wildman–Crippen MR) is 97.2 cm³/mol. The van der Waals surface area contributed by atoms with Gasteiger partial charge in [0.25, 0.3) is 5.96 Å². The van der Waals surface area contributed by atoms with Crippen molar-refractivity contribution in [3.05, 3.63) is 11.1 Å². The van der Waals surface area contributed by atoms with E-state index in [0.29, 0.717) is 23.3 Å². The van der Waals surface area contributed by atoms with Crippen LogP contribution in [0.1, 0.15) is 57.8 Å². The Kier molecular flexibility index (Phi) is 3.60. The predicted octanol–water partition coefficient (Wildman–Crippen LogP) is 0.263. The molecule has 5 heteroatoms. The summed E-state index contributed by atoms with van der Waals surface area (Å²) < 4.78 is 0. The van der Waals surface area contributed by atoms with Gasteiger partial charge in [-0.15, -0.1) is 0 Å². The highest BCUT2D eigenvalue weighted by molar-refractivity contribution is 5.87. The van der Waals surface area contributed by atoms with Gasteiger partial charge in [0.1, 0.15) is 0 Å². The quantitative estimate of drug-likeness (QED) is 0.522. The molecule has 5 nitrogen and oxygen atoms in total.